The smallest absolute Gasteiger partial charge is 0.254 e. The molecule has 0 radical (unpaired) electrons. The molecular weight excluding hydrogens is 214 g/mol. The molecule has 86 valence electrons. The van der Waals surface area contributed by atoms with Crippen molar-refractivity contribution in [1.82, 2.24) is 15.5 Å². The Balaban J connectivity index is 2.32. The molecule has 0 aliphatic carbocycles. The first-order valence-electron chi connectivity index (χ1n) is 4.55. The molecule has 7 nitrogen and oxygen atoms in total. The van der Waals surface area contributed by atoms with E-state index in [0.717, 1.165) is 17.1 Å². The van der Waals surface area contributed by atoms with Gasteiger partial charge in [0.25, 0.3) is 11.8 Å². The molecule has 4 amide bonds. The van der Waals surface area contributed by atoms with Gasteiger partial charge in [0.15, 0.2) is 0 Å². The van der Waals surface area contributed by atoms with Crippen LogP contribution in [0.15, 0.2) is 12.2 Å². The van der Waals surface area contributed by atoms with Crippen molar-refractivity contribution in [1.29, 1.82) is 0 Å². The van der Waals surface area contributed by atoms with Gasteiger partial charge in [-0.2, -0.15) is 0 Å². The van der Waals surface area contributed by atoms with E-state index in [2.05, 4.69) is 10.6 Å². The largest absolute Gasteiger partial charge is 0.339 e. The van der Waals surface area contributed by atoms with Crippen molar-refractivity contribution in [2.75, 3.05) is 13.2 Å². The van der Waals surface area contributed by atoms with Gasteiger partial charge in [-0.1, -0.05) is 0 Å². The topological polar surface area (TPSA) is 95.6 Å². The van der Waals surface area contributed by atoms with Crippen molar-refractivity contribution < 1.29 is 19.2 Å². The second-order valence-electron chi connectivity index (χ2n) is 3.11. The summed E-state index contributed by atoms with van der Waals surface area (Å²) in [7, 11) is 0. The van der Waals surface area contributed by atoms with Crippen molar-refractivity contribution in [3.63, 3.8) is 0 Å². The molecule has 0 aromatic heterocycles. The third-order valence-electron chi connectivity index (χ3n) is 1.83. The summed E-state index contributed by atoms with van der Waals surface area (Å²) < 4.78 is 0. The summed E-state index contributed by atoms with van der Waals surface area (Å²) in [6.45, 7) is 0.936. The van der Waals surface area contributed by atoms with Crippen LogP contribution in [0, 0.1) is 0 Å². The maximum absolute atomic E-state index is 11.2. The van der Waals surface area contributed by atoms with Crippen molar-refractivity contribution in [2.24, 2.45) is 0 Å². The molecule has 0 saturated heterocycles. The minimum Gasteiger partial charge on any atom is -0.339 e. The molecule has 1 aliphatic heterocycles. The molecule has 0 atom stereocenters. The number of imide groups is 1. The molecule has 0 saturated carbocycles. The highest BCUT2D eigenvalue weighted by Crippen LogP contribution is 2.01. The highest BCUT2D eigenvalue weighted by atomic mass is 16.2. The Morgan fingerprint density at radius 2 is 1.75 bits per heavy atom. The van der Waals surface area contributed by atoms with Gasteiger partial charge in [-0.3, -0.25) is 24.1 Å². The number of nitrogens with one attached hydrogen (secondary N) is 2. The summed E-state index contributed by atoms with van der Waals surface area (Å²) >= 11 is 0. The zero-order chi connectivity index (χ0) is 12.1. The number of rotatable bonds is 4. The second kappa shape index (κ2) is 5.06. The Morgan fingerprint density at radius 3 is 2.25 bits per heavy atom. The van der Waals surface area contributed by atoms with Gasteiger partial charge < -0.3 is 10.6 Å². The molecular formula is C9H11N3O4. The Bertz CT molecular complexity index is 357. The Hall–Kier alpha value is -2.18. The summed E-state index contributed by atoms with van der Waals surface area (Å²) in [5.41, 5.74) is 0. The number of hydrogen-bond acceptors (Lipinski definition) is 4. The molecule has 0 aromatic rings. The number of hydrogen-bond donors (Lipinski definition) is 2. The van der Waals surface area contributed by atoms with E-state index in [4.69, 9.17) is 0 Å². The lowest BCUT2D eigenvalue weighted by atomic mass is 10.5. The fourth-order valence-corrected chi connectivity index (χ4v) is 1.05. The van der Waals surface area contributed by atoms with Crippen molar-refractivity contribution in [3.05, 3.63) is 12.2 Å². The van der Waals surface area contributed by atoms with Crippen LogP contribution in [-0.4, -0.2) is 41.7 Å². The van der Waals surface area contributed by atoms with Crippen LogP contribution in [0.4, 0.5) is 0 Å². The van der Waals surface area contributed by atoms with E-state index in [9.17, 15) is 19.2 Å². The van der Waals surface area contributed by atoms with E-state index >= 15 is 0 Å². The second-order valence-corrected chi connectivity index (χ2v) is 3.11. The maximum Gasteiger partial charge on any atom is 0.254 e. The molecule has 7 heteroatoms. The molecule has 16 heavy (non-hydrogen) atoms. The van der Waals surface area contributed by atoms with Gasteiger partial charge in [0, 0.05) is 19.1 Å². The molecule has 1 rings (SSSR count). The predicted octanol–water partition coefficient (Wildman–Crippen LogP) is -1.88. The van der Waals surface area contributed by atoms with Crippen LogP contribution in [0.5, 0.6) is 0 Å². The van der Waals surface area contributed by atoms with E-state index in [1.54, 1.807) is 0 Å². The highest BCUT2D eigenvalue weighted by molar-refractivity contribution is 6.14. The molecule has 0 unspecified atom stereocenters. The van der Waals surface area contributed by atoms with Gasteiger partial charge >= 0.3 is 0 Å². The minimum atomic E-state index is -0.515. The van der Waals surface area contributed by atoms with Gasteiger partial charge in [0.2, 0.25) is 11.8 Å². The lowest BCUT2D eigenvalue weighted by Crippen LogP contribution is -2.43. The van der Waals surface area contributed by atoms with Gasteiger partial charge in [0.1, 0.15) is 6.54 Å². The molecule has 1 aliphatic rings. The van der Waals surface area contributed by atoms with E-state index < -0.39 is 17.7 Å². The van der Waals surface area contributed by atoms with Crippen LogP contribution in [-0.2, 0) is 19.2 Å². The molecule has 0 bridgehead atoms. The quantitative estimate of drug-likeness (QED) is 0.432. The Labute approximate surface area is 91.5 Å². The summed E-state index contributed by atoms with van der Waals surface area (Å²) in [4.78, 5) is 44.7. The standard InChI is InChI=1S/C9H11N3O4/c1-6(13)10-5-11-7(14)4-12-8(15)2-3-9(12)16/h2-3H,4-5H2,1H3,(H,10,13)(H,11,14). The molecule has 2 N–H and O–H groups in total. The summed E-state index contributed by atoms with van der Waals surface area (Å²) in [5, 5.41) is 4.69. The lowest BCUT2D eigenvalue weighted by Gasteiger charge is -2.13. The average molecular weight is 225 g/mol. The number of carbonyl (C=O) groups excluding carboxylic acids is 4. The minimum absolute atomic E-state index is 0.0299. The first-order chi connectivity index (χ1) is 7.50. The zero-order valence-electron chi connectivity index (χ0n) is 8.65. The van der Waals surface area contributed by atoms with Crippen LogP contribution in [0.3, 0.4) is 0 Å². The fourth-order valence-electron chi connectivity index (χ4n) is 1.05. The van der Waals surface area contributed by atoms with Crippen molar-refractivity contribution in [3.8, 4) is 0 Å². The van der Waals surface area contributed by atoms with Crippen LogP contribution in [0.25, 0.3) is 0 Å². The maximum atomic E-state index is 11.2. The molecule has 0 aromatic carbocycles. The molecule has 1 heterocycles. The Kier molecular flexibility index (Phi) is 3.76. The SMILES string of the molecule is CC(=O)NCNC(=O)CN1C(=O)C=CC1=O. The third-order valence-corrected chi connectivity index (χ3v) is 1.83. The summed E-state index contributed by atoms with van der Waals surface area (Å²) in [5.74, 6) is -1.83. The normalized spacial score (nSPS) is 14.2. The molecule has 0 spiro atoms. The summed E-state index contributed by atoms with van der Waals surface area (Å²) in [6.07, 6.45) is 2.20. The van der Waals surface area contributed by atoms with E-state index in [-0.39, 0.29) is 19.1 Å². The first-order valence-corrected chi connectivity index (χ1v) is 4.55. The van der Waals surface area contributed by atoms with Crippen LogP contribution in [0.1, 0.15) is 6.92 Å². The lowest BCUT2D eigenvalue weighted by molar-refractivity contribution is -0.141. The summed E-state index contributed by atoms with van der Waals surface area (Å²) in [6, 6.07) is 0. The van der Waals surface area contributed by atoms with Gasteiger partial charge in [-0.15, -0.1) is 0 Å². The Morgan fingerprint density at radius 1 is 1.19 bits per heavy atom. The van der Waals surface area contributed by atoms with Gasteiger partial charge in [0.05, 0.1) is 6.67 Å². The van der Waals surface area contributed by atoms with Crippen molar-refractivity contribution >= 4 is 23.6 Å². The molecule has 0 fully saturated rings. The van der Waals surface area contributed by atoms with Crippen LogP contribution in [0.2, 0.25) is 0 Å². The third kappa shape index (κ3) is 3.19. The van der Waals surface area contributed by atoms with Gasteiger partial charge in [-0.05, 0) is 0 Å². The number of nitrogens with zero attached hydrogens (tertiary/aromatic N) is 1. The first kappa shape index (κ1) is 11.9. The average Bonchev–Trinajstić information content (AvgIpc) is 2.49. The monoisotopic (exact) mass is 225 g/mol. The number of amides is 4. The van der Waals surface area contributed by atoms with Gasteiger partial charge in [-0.25, -0.2) is 0 Å². The predicted molar refractivity (Wildman–Crippen MR) is 52.7 cm³/mol. The number of carbonyl (C=O) groups is 4. The fraction of sp³-hybridized carbons (Fsp3) is 0.333. The van der Waals surface area contributed by atoms with Crippen LogP contribution >= 0.6 is 0 Å². The van der Waals surface area contributed by atoms with Crippen molar-refractivity contribution in [2.45, 2.75) is 6.92 Å². The van der Waals surface area contributed by atoms with E-state index in [0.29, 0.717) is 0 Å². The van der Waals surface area contributed by atoms with E-state index in [1.165, 1.54) is 6.92 Å². The zero-order valence-corrected chi connectivity index (χ0v) is 8.65. The van der Waals surface area contributed by atoms with Crippen LogP contribution < -0.4 is 10.6 Å². The highest BCUT2D eigenvalue weighted by Gasteiger charge is 2.25. The van der Waals surface area contributed by atoms with E-state index in [1.807, 2.05) is 0 Å².